The van der Waals surface area contributed by atoms with Crippen molar-refractivity contribution in [3.8, 4) is 34.1 Å². The molecule has 40 heavy (non-hydrogen) atoms. The summed E-state index contributed by atoms with van der Waals surface area (Å²) in [6.07, 6.45) is 2.85. The first-order valence-corrected chi connectivity index (χ1v) is 11.9. The summed E-state index contributed by atoms with van der Waals surface area (Å²) in [5.74, 6) is 1.53. The Bertz CT molecular complexity index is 1570. The first-order valence-electron chi connectivity index (χ1n) is 11.9. The predicted molar refractivity (Wildman–Crippen MR) is 145 cm³/mol. The van der Waals surface area contributed by atoms with E-state index in [9.17, 15) is 20.2 Å². The fourth-order valence-electron chi connectivity index (χ4n) is 4.19. The van der Waals surface area contributed by atoms with Crippen LogP contribution < -0.4 is 18.9 Å². The monoisotopic (exact) mass is 538 g/mol. The fourth-order valence-corrected chi connectivity index (χ4v) is 4.19. The largest absolute Gasteiger partial charge is 0.454 e. The molecule has 6 rings (SSSR count). The molecule has 0 N–H and O–H groups in total. The maximum absolute atomic E-state index is 11.5. The number of nitro groups is 2. The van der Waals surface area contributed by atoms with Crippen molar-refractivity contribution >= 4 is 35.2 Å². The van der Waals surface area contributed by atoms with Gasteiger partial charge in [0.25, 0.3) is 11.4 Å². The molecule has 0 spiro atoms. The van der Waals surface area contributed by atoms with Gasteiger partial charge in [-0.3, -0.25) is 30.2 Å². The van der Waals surface area contributed by atoms with Gasteiger partial charge >= 0.3 is 0 Å². The lowest BCUT2D eigenvalue weighted by Gasteiger charge is -2.04. The average Bonchev–Trinajstić information content (AvgIpc) is 3.63. The Morgan fingerprint density at radius 1 is 0.575 bits per heavy atom. The number of nitrogens with zero attached hydrogens (tertiary/aromatic N) is 4. The highest BCUT2D eigenvalue weighted by molar-refractivity contribution is 5.89. The normalized spacial score (nSPS) is 13.3. The van der Waals surface area contributed by atoms with Gasteiger partial charge in [-0.15, -0.1) is 0 Å². The minimum atomic E-state index is -0.490. The number of benzene rings is 4. The zero-order valence-electron chi connectivity index (χ0n) is 20.6. The Labute approximate surface area is 226 Å². The van der Waals surface area contributed by atoms with Crippen LogP contribution in [0.5, 0.6) is 23.0 Å². The molecule has 0 atom stereocenters. The Morgan fingerprint density at radius 3 is 1.27 bits per heavy atom. The summed E-state index contributed by atoms with van der Waals surface area (Å²) in [5, 5.41) is 22.9. The zero-order chi connectivity index (χ0) is 27.6. The summed E-state index contributed by atoms with van der Waals surface area (Å²) in [7, 11) is 0. The molecule has 0 aromatic heterocycles. The van der Waals surface area contributed by atoms with Crippen LogP contribution in [0.4, 0.5) is 22.7 Å². The summed E-state index contributed by atoms with van der Waals surface area (Å²) >= 11 is 0. The van der Waals surface area contributed by atoms with E-state index in [4.69, 9.17) is 18.9 Å². The van der Waals surface area contributed by atoms with Gasteiger partial charge in [0.2, 0.25) is 13.6 Å². The molecule has 12 nitrogen and oxygen atoms in total. The fraction of sp³-hybridized carbons (Fsp3) is 0.0714. The minimum Gasteiger partial charge on any atom is -0.454 e. The van der Waals surface area contributed by atoms with Gasteiger partial charge < -0.3 is 18.9 Å². The van der Waals surface area contributed by atoms with Crippen molar-refractivity contribution in [1.29, 1.82) is 0 Å². The lowest BCUT2D eigenvalue weighted by molar-refractivity contribution is -0.385. The molecule has 0 unspecified atom stereocenters. The highest BCUT2D eigenvalue weighted by Gasteiger charge is 2.23. The van der Waals surface area contributed by atoms with E-state index in [0.717, 1.165) is 11.1 Å². The standard InChI is InChI=1S/C28H18N4O8/c33-31(34)23-11-27-25(37-15-39-27)9-19(23)13-29-21-5-1-17(2-6-21)18-3-7-22(8-4-18)30-14-20-10-26-28(40-16-38-26)12-24(20)32(35)36/h1-14H,15-16H2. The summed E-state index contributed by atoms with van der Waals surface area (Å²) in [6, 6.07) is 20.5. The molecule has 2 aliphatic heterocycles. The van der Waals surface area contributed by atoms with Crippen LogP contribution in [-0.2, 0) is 0 Å². The molecule has 0 fully saturated rings. The Balaban J connectivity index is 1.17. The van der Waals surface area contributed by atoms with Crippen LogP contribution >= 0.6 is 0 Å². The zero-order valence-corrected chi connectivity index (χ0v) is 20.6. The Hall–Kier alpha value is -5.78. The van der Waals surface area contributed by atoms with Gasteiger partial charge in [-0.25, -0.2) is 0 Å². The smallest absolute Gasteiger partial charge is 0.282 e. The number of hydrogen-bond acceptors (Lipinski definition) is 10. The molecule has 2 heterocycles. The van der Waals surface area contributed by atoms with E-state index < -0.39 is 9.85 Å². The third-order valence-electron chi connectivity index (χ3n) is 6.21. The van der Waals surface area contributed by atoms with Crippen LogP contribution in [-0.4, -0.2) is 35.9 Å². The third kappa shape index (κ3) is 4.88. The van der Waals surface area contributed by atoms with Gasteiger partial charge in [0.1, 0.15) is 0 Å². The van der Waals surface area contributed by atoms with Crippen LogP contribution in [0.3, 0.4) is 0 Å². The molecule has 0 saturated carbocycles. The summed E-state index contributed by atoms with van der Waals surface area (Å²) in [6.45, 7) is 0.0363. The molecule has 0 saturated heterocycles. The van der Waals surface area contributed by atoms with Crippen molar-refractivity contribution in [2.45, 2.75) is 0 Å². The van der Waals surface area contributed by atoms with Crippen molar-refractivity contribution in [3.63, 3.8) is 0 Å². The summed E-state index contributed by atoms with van der Waals surface area (Å²) in [4.78, 5) is 30.7. The molecule has 0 bridgehead atoms. The molecule has 12 heteroatoms. The van der Waals surface area contributed by atoms with Crippen LogP contribution in [0.1, 0.15) is 11.1 Å². The summed E-state index contributed by atoms with van der Waals surface area (Å²) in [5.41, 5.74) is 3.44. The van der Waals surface area contributed by atoms with E-state index >= 15 is 0 Å². The van der Waals surface area contributed by atoms with Crippen LogP contribution in [0.15, 0.2) is 82.8 Å². The second kappa shape index (κ2) is 10.2. The predicted octanol–water partition coefficient (Wildman–Crippen LogP) is 6.13. The number of nitro benzene ring substituents is 2. The van der Waals surface area contributed by atoms with Crippen molar-refractivity contribution in [1.82, 2.24) is 0 Å². The molecule has 0 radical (unpaired) electrons. The second-order valence-corrected chi connectivity index (χ2v) is 8.65. The lowest BCUT2D eigenvalue weighted by Crippen LogP contribution is -1.94. The van der Waals surface area contributed by atoms with Gasteiger partial charge in [0.05, 0.1) is 44.5 Å². The first kappa shape index (κ1) is 24.6. The number of aliphatic imine (C=N–C) groups is 2. The van der Waals surface area contributed by atoms with E-state index in [1.165, 1.54) is 36.7 Å². The summed E-state index contributed by atoms with van der Waals surface area (Å²) < 4.78 is 21.1. The third-order valence-corrected chi connectivity index (χ3v) is 6.21. The molecule has 4 aromatic rings. The molecular weight excluding hydrogens is 520 g/mol. The van der Waals surface area contributed by atoms with E-state index in [2.05, 4.69) is 9.98 Å². The number of hydrogen-bond donors (Lipinski definition) is 0. The van der Waals surface area contributed by atoms with E-state index in [1.807, 2.05) is 24.3 Å². The maximum atomic E-state index is 11.5. The minimum absolute atomic E-state index is 0.0181. The van der Waals surface area contributed by atoms with Crippen LogP contribution in [0, 0.1) is 20.2 Å². The number of fused-ring (bicyclic) bond motifs is 2. The van der Waals surface area contributed by atoms with Gasteiger partial charge in [-0.05, 0) is 47.5 Å². The topological polar surface area (TPSA) is 148 Å². The molecule has 2 aliphatic rings. The average molecular weight is 538 g/mol. The van der Waals surface area contributed by atoms with Gasteiger partial charge in [-0.2, -0.15) is 0 Å². The highest BCUT2D eigenvalue weighted by atomic mass is 16.7. The molecular formula is C28H18N4O8. The van der Waals surface area contributed by atoms with Gasteiger partial charge in [0, 0.05) is 12.4 Å². The van der Waals surface area contributed by atoms with Crippen molar-refractivity contribution in [3.05, 3.63) is 104 Å². The molecule has 198 valence electrons. The number of ether oxygens (including phenoxy) is 4. The van der Waals surface area contributed by atoms with Crippen LogP contribution in [0.2, 0.25) is 0 Å². The molecule has 0 amide bonds. The highest BCUT2D eigenvalue weighted by Crippen LogP contribution is 2.38. The quantitative estimate of drug-likeness (QED) is 0.155. The van der Waals surface area contributed by atoms with Gasteiger partial charge in [-0.1, -0.05) is 24.3 Å². The Kier molecular flexibility index (Phi) is 6.24. The van der Waals surface area contributed by atoms with E-state index in [-0.39, 0.29) is 25.0 Å². The Morgan fingerprint density at radius 2 is 0.925 bits per heavy atom. The second-order valence-electron chi connectivity index (χ2n) is 8.65. The first-order chi connectivity index (χ1) is 19.4. The lowest BCUT2D eigenvalue weighted by atomic mass is 10.1. The van der Waals surface area contributed by atoms with Crippen molar-refractivity contribution < 1.29 is 28.8 Å². The molecule has 4 aromatic carbocycles. The van der Waals surface area contributed by atoms with Crippen LogP contribution in [0.25, 0.3) is 11.1 Å². The number of rotatable bonds is 7. The SMILES string of the molecule is O=[N+]([O-])c1cc2c(cc1C=Nc1ccc(-c3ccc(N=Cc4cc5c(cc4[N+](=O)[O-])OCO5)cc3)cc1)OCO2. The van der Waals surface area contributed by atoms with Crippen molar-refractivity contribution in [2.24, 2.45) is 9.98 Å². The van der Waals surface area contributed by atoms with Gasteiger partial charge in [0.15, 0.2) is 23.0 Å². The van der Waals surface area contributed by atoms with Crippen molar-refractivity contribution in [2.75, 3.05) is 13.6 Å². The molecule has 0 aliphatic carbocycles. The van der Waals surface area contributed by atoms with E-state index in [1.54, 1.807) is 24.3 Å². The van der Waals surface area contributed by atoms with E-state index in [0.29, 0.717) is 45.5 Å². The maximum Gasteiger partial charge on any atom is 0.282 e.